The topological polar surface area (TPSA) is 390 Å². The maximum atomic E-state index is 13.8. The Balaban J connectivity index is 1.01. The number of aryl methyl sites for hydroxylation is 6. The molecule has 0 bridgehead atoms. The molecule has 6 heterocycles. The van der Waals surface area contributed by atoms with E-state index < -0.39 is 41.4 Å². The van der Waals surface area contributed by atoms with Crippen molar-refractivity contribution in [2.24, 2.45) is 33.9 Å². The number of anilines is 4. The van der Waals surface area contributed by atoms with Crippen molar-refractivity contribution in [3.05, 3.63) is 90.1 Å². The third-order valence-corrected chi connectivity index (χ3v) is 12.1. The Hall–Kier alpha value is -9.11. The van der Waals surface area contributed by atoms with Gasteiger partial charge in [-0.3, -0.25) is 38.4 Å². The molecule has 0 atom stereocenters. The average Bonchev–Trinajstić information content (AvgIpc) is 4.33. The molecule has 0 aromatic carbocycles. The SMILES string of the molecule is CCCNC(=O)CCNC(=O)c1nc(NC(=O)CCNC(=O)c2cc(NC(=O)c3nc(NC(=O)CCNC(=O)c4cc(NC(=O)c5nccn5C)cn4C)cn3C)cn2CCc2cn(CCOCCOCCOCCOCCN)nn2)cn1C. The van der Waals surface area contributed by atoms with Crippen LogP contribution in [0.5, 0.6) is 0 Å². The lowest BCUT2D eigenvalue weighted by Crippen LogP contribution is -2.32. The minimum atomic E-state index is -0.667. The van der Waals surface area contributed by atoms with Crippen LogP contribution in [-0.4, -0.2) is 186 Å². The Morgan fingerprint density at radius 1 is 0.512 bits per heavy atom. The zero-order valence-electron chi connectivity index (χ0n) is 47.7. The fraction of sp³-hybridized carbons (Fsp3) is 0.481. The third-order valence-electron chi connectivity index (χ3n) is 12.1. The van der Waals surface area contributed by atoms with Crippen LogP contribution in [0.2, 0.25) is 0 Å². The van der Waals surface area contributed by atoms with Crippen LogP contribution in [0, 0.1) is 0 Å². The normalized spacial score (nSPS) is 11.1. The number of carbonyl (C=O) groups is 8. The molecule has 0 saturated heterocycles. The number of nitrogens with two attached hydrogens (primary N) is 1. The van der Waals surface area contributed by atoms with Crippen LogP contribution in [0.25, 0.3) is 0 Å². The maximum absolute atomic E-state index is 13.8. The van der Waals surface area contributed by atoms with E-state index in [1.807, 2.05) is 6.92 Å². The highest BCUT2D eigenvalue weighted by molar-refractivity contribution is 6.04. The van der Waals surface area contributed by atoms with Crippen molar-refractivity contribution in [1.29, 1.82) is 0 Å². The molecular weight excluding hydrogens is 1100 g/mol. The summed E-state index contributed by atoms with van der Waals surface area (Å²) in [5, 5.41) is 30.0. The van der Waals surface area contributed by atoms with E-state index >= 15 is 0 Å². The number of amides is 8. The summed E-state index contributed by atoms with van der Waals surface area (Å²) in [4.78, 5) is 116. The molecule has 32 heteroatoms. The molecule has 6 aromatic rings. The van der Waals surface area contributed by atoms with Gasteiger partial charge < -0.3 is 90.1 Å². The monoisotopic (exact) mass is 1170 g/mol. The number of carbonyl (C=O) groups excluding carboxylic acids is 8. The van der Waals surface area contributed by atoms with E-state index in [2.05, 4.69) is 67.8 Å². The first kappa shape index (κ1) is 64.1. The molecule has 6 aromatic heterocycles. The van der Waals surface area contributed by atoms with E-state index in [9.17, 15) is 38.4 Å². The molecule has 0 fully saturated rings. The van der Waals surface area contributed by atoms with Crippen molar-refractivity contribution >= 4 is 70.3 Å². The first-order valence-corrected chi connectivity index (χ1v) is 27.2. The Bertz CT molecular complexity index is 3170. The number of ether oxygens (including phenoxy) is 4. The Morgan fingerprint density at radius 2 is 1.04 bits per heavy atom. The van der Waals surface area contributed by atoms with Crippen LogP contribution in [-0.2, 0) is 81.0 Å². The Kier molecular flexibility index (Phi) is 25.3. The molecule has 84 heavy (non-hydrogen) atoms. The predicted molar refractivity (Wildman–Crippen MR) is 303 cm³/mol. The highest BCUT2D eigenvalue weighted by Gasteiger charge is 2.22. The van der Waals surface area contributed by atoms with Crippen LogP contribution in [0.15, 0.2) is 55.5 Å². The predicted octanol–water partition coefficient (Wildman–Crippen LogP) is -0.446. The van der Waals surface area contributed by atoms with Crippen LogP contribution >= 0.6 is 0 Å². The first-order valence-electron chi connectivity index (χ1n) is 27.2. The smallest absolute Gasteiger partial charge is 0.291 e. The summed E-state index contributed by atoms with van der Waals surface area (Å²) in [6, 6.07) is 2.96. The number of aromatic nitrogens is 11. The average molecular weight is 1170 g/mol. The zero-order valence-corrected chi connectivity index (χ0v) is 47.7. The zero-order chi connectivity index (χ0) is 60.4. The van der Waals surface area contributed by atoms with Gasteiger partial charge in [-0.1, -0.05) is 12.1 Å². The second-order valence-electron chi connectivity index (χ2n) is 18.8. The molecule has 6 rings (SSSR count). The molecule has 0 aliphatic rings. The van der Waals surface area contributed by atoms with Crippen LogP contribution in [0.1, 0.15) is 91.1 Å². The van der Waals surface area contributed by atoms with Gasteiger partial charge in [-0.15, -0.1) is 5.10 Å². The lowest BCUT2D eigenvalue weighted by molar-refractivity contribution is -0.121. The largest absolute Gasteiger partial charge is 0.378 e. The molecule has 8 amide bonds. The summed E-state index contributed by atoms with van der Waals surface area (Å²) in [5.41, 5.74) is 6.98. The summed E-state index contributed by atoms with van der Waals surface area (Å²) in [5.74, 6) is -3.58. The van der Waals surface area contributed by atoms with Gasteiger partial charge in [0, 0.05) is 137 Å². The van der Waals surface area contributed by atoms with Crippen LogP contribution in [0.3, 0.4) is 0 Å². The summed E-state index contributed by atoms with van der Waals surface area (Å²) in [7, 11) is 6.46. The lowest BCUT2D eigenvalue weighted by atomic mass is 10.3. The first-order chi connectivity index (χ1) is 40.5. The van der Waals surface area contributed by atoms with Gasteiger partial charge in [-0.2, -0.15) is 0 Å². The molecule has 0 unspecified atom stereocenters. The van der Waals surface area contributed by atoms with E-state index in [4.69, 9.17) is 24.7 Å². The van der Waals surface area contributed by atoms with Gasteiger partial charge in [0.25, 0.3) is 29.5 Å². The molecule has 32 nitrogen and oxygen atoms in total. The van der Waals surface area contributed by atoms with Crippen molar-refractivity contribution < 1.29 is 57.3 Å². The quantitative estimate of drug-likeness (QED) is 0.0223. The molecule has 10 N–H and O–H groups in total. The number of nitrogens with zero attached hydrogens (tertiary/aromatic N) is 11. The van der Waals surface area contributed by atoms with E-state index in [1.54, 1.807) is 66.8 Å². The fourth-order valence-corrected chi connectivity index (χ4v) is 7.94. The van der Waals surface area contributed by atoms with Crippen molar-refractivity contribution in [2.75, 3.05) is 107 Å². The summed E-state index contributed by atoms with van der Waals surface area (Å²) in [6.45, 7) is 6.91. The van der Waals surface area contributed by atoms with Gasteiger partial charge in [-0.05, 0) is 18.6 Å². The number of hydrogen-bond donors (Lipinski definition) is 9. The summed E-state index contributed by atoms with van der Waals surface area (Å²) >= 11 is 0. The van der Waals surface area contributed by atoms with Gasteiger partial charge in [0.1, 0.15) is 11.4 Å². The third kappa shape index (κ3) is 20.4. The van der Waals surface area contributed by atoms with E-state index in [0.29, 0.717) is 90.3 Å². The number of nitrogens with one attached hydrogen (secondary N) is 8. The van der Waals surface area contributed by atoms with Gasteiger partial charge in [-0.25, -0.2) is 19.6 Å². The Morgan fingerprint density at radius 3 is 1.62 bits per heavy atom. The molecular formula is C52H74N20O12. The minimum Gasteiger partial charge on any atom is -0.378 e. The molecule has 0 saturated carbocycles. The van der Waals surface area contributed by atoms with Gasteiger partial charge in [0.15, 0.2) is 17.5 Å². The molecule has 454 valence electrons. The molecule has 0 aliphatic carbocycles. The van der Waals surface area contributed by atoms with E-state index in [0.717, 1.165) is 6.42 Å². The summed E-state index contributed by atoms with van der Waals surface area (Å²) < 4.78 is 31.1. The van der Waals surface area contributed by atoms with Crippen molar-refractivity contribution in [3.8, 4) is 0 Å². The van der Waals surface area contributed by atoms with Crippen LogP contribution < -0.4 is 48.3 Å². The van der Waals surface area contributed by atoms with Gasteiger partial charge in [0.2, 0.25) is 29.4 Å². The summed E-state index contributed by atoms with van der Waals surface area (Å²) in [6.07, 6.45) is 11.8. The highest BCUT2D eigenvalue weighted by Crippen LogP contribution is 2.19. The standard InChI is InChI=1S/C52H74N20O12/c1-6-12-54-42(73)7-13-58-50(78)46-63-40(33-69(46)4)61-44(75)9-15-57-49(77)39-29-37(31-71(39)17-10-35-32-72(66-65-35)19-21-82-23-25-84-27-26-83-24-22-81-20-11-53)60-52(80)47-64-41(34-70(47)5)62-43(74)8-14-56-48(76)38-28-36(30-68(38)3)59-51(79)45-55-16-18-67(45)2/h16,18,28-34H,6-15,17,19-27,53H2,1-5H3,(H,54,73)(H,56,76)(H,57,77)(H,58,78)(H,59,79)(H,60,80)(H,61,75)(H,62,74). The highest BCUT2D eigenvalue weighted by atomic mass is 16.6. The van der Waals surface area contributed by atoms with Crippen molar-refractivity contribution in [1.82, 2.24) is 74.0 Å². The van der Waals surface area contributed by atoms with E-state index in [1.165, 1.54) is 44.4 Å². The molecule has 0 radical (unpaired) electrons. The number of hydrogen-bond acceptors (Lipinski definition) is 18. The fourth-order valence-electron chi connectivity index (χ4n) is 7.94. The van der Waals surface area contributed by atoms with Crippen molar-refractivity contribution in [3.63, 3.8) is 0 Å². The van der Waals surface area contributed by atoms with E-state index in [-0.39, 0.29) is 97.5 Å². The number of imidazole rings is 3. The molecule has 0 spiro atoms. The van der Waals surface area contributed by atoms with Crippen molar-refractivity contribution in [2.45, 2.75) is 52.1 Å². The number of rotatable bonds is 37. The Labute approximate surface area is 483 Å². The minimum absolute atomic E-state index is 0.0160. The van der Waals surface area contributed by atoms with Crippen LogP contribution in [0.4, 0.5) is 23.0 Å². The molecule has 0 aliphatic heterocycles. The second kappa shape index (κ2) is 33.1. The lowest BCUT2D eigenvalue weighted by Gasteiger charge is -2.09. The maximum Gasteiger partial charge on any atom is 0.291 e. The second-order valence-corrected chi connectivity index (χ2v) is 18.8. The van der Waals surface area contributed by atoms with Gasteiger partial charge in [0.05, 0.1) is 76.5 Å². The van der Waals surface area contributed by atoms with Gasteiger partial charge >= 0.3 is 0 Å².